The third-order valence-electron chi connectivity index (χ3n) is 3.52. The number of rotatable bonds is 5. The number of nitrogens with zero attached hydrogens (tertiary/aromatic N) is 6. The van der Waals surface area contributed by atoms with Crippen molar-refractivity contribution in [1.82, 2.24) is 34.6 Å². The fourth-order valence-electron chi connectivity index (χ4n) is 2.43. The van der Waals surface area contributed by atoms with E-state index in [1.165, 1.54) is 0 Å². The molecule has 10 nitrogen and oxygen atoms in total. The molecule has 0 spiro atoms. The number of imidazole rings is 1. The number of hydrogen-bond acceptors (Lipinski definition) is 6. The Hall–Kier alpha value is -2.88. The molecular weight excluding hydrogens is 346 g/mol. The van der Waals surface area contributed by atoms with Crippen LogP contribution in [0, 0.1) is 6.92 Å². The maximum atomic E-state index is 12.0. The van der Waals surface area contributed by atoms with Gasteiger partial charge in [-0.3, -0.25) is 5.32 Å². The smallest absolute Gasteiger partial charge is 0.320 e. The van der Waals surface area contributed by atoms with E-state index in [1.807, 2.05) is 19.9 Å². The van der Waals surface area contributed by atoms with Crippen LogP contribution >= 0.6 is 11.6 Å². The Labute approximate surface area is 148 Å². The number of anilines is 2. The summed E-state index contributed by atoms with van der Waals surface area (Å²) < 4.78 is 3.47. The van der Waals surface area contributed by atoms with Crippen LogP contribution in [0.2, 0.25) is 5.15 Å². The molecule has 0 radical (unpaired) electrons. The minimum absolute atomic E-state index is 0.0770. The van der Waals surface area contributed by atoms with Crippen molar-refractivity contribution in [3.63, 3.8) is 0 Å². The molecule has 3 aromatic heterocycles. The number of aryl methyl sites for hydroxylation is 2. The van der Waals surface area contributed by atoms with Gasteiger partial charge in [0.15, 0.2) is 10.8 Å². The summed E-state index contributed by atoms with van der Waals surface area (Å²) in [6.07, 6.45) is 1.58. The Balaban J connectivity index is 1.60. The van der Waals surface area contributed by atoms with E-state index in [-0.39, 0.29) is 17.1 Å². The monoisotopic (exact) mass is 363 g/mol. The standard InChI is InChI=1S/C14H18ClN9O/c1-3-24-9(6-8(2)22-24)19-14(25)17-4-5-23-7-18-10-11(15)20-13(16)21-12(10)23/h6-7H,3-5H2,1-2H3,(H2,16,20,21)(H2,17,19,25). The van der Waals surface area contributed by atoms with Crippen LogP contribution in [0.25, 0.3) is 11.2 Å². The first-order chi connectivity index (χ1) is 12.0. The average Bonchev–Trinajstić information content (AvgIpc) is 3.11. The van der Waals surface area contributed by atoms with Crippen LogP contribution in [0.4, 0.5) is 16.6 Å². The van der Waals surface area contributed by atoms with Crippen molar-refractivity contribution in [1.29, 1.82) is 0 Å². The second-order valence-corrected chi connectivity index (χ2v) is 5.71. The van der Waals surface area contributed by atoms with E-state index in [0.29, 0.717) is 36.6 Å². The van der Waals surface area contributed by atoms with E-state index in [4.69, 9.17) is 17.3 Å². The van der Waals surface area contributed by atoms with Gasteiger partial charge in [-0.25, -0.2) is 14.5 Å². The summed E-state index contributed by atoms with van der Waals surface area (Å²) in [4.78, 5) is 24.2. The number of nitrogens with one attached hydrogen (secondary N) is 2. The number of carbonyl (C=O) groups excluding carboxylic acids is 1. The van der Waals surface area contributed by atoms with Crippen molar-refractivity contribution in [2.24, 2.45) is 0 Å². The highest BCUT2D eigenvalue weighted by Crippen LogP contribution is 2.19. The van der Waals surface area contributed by atoms with E-state index < -0.39 is 0 Å². The second-order valence-electron chi connectivity index (χ2n) is 5.35. The lowest BCUT2D eigenvalue weighted by Gasteiger charge is -2.09. The molecule has 3 heterocycles. The molecule has 0 bridgehead atoms. The zero-order valence-corrected chi connectivity index (χ0v) is 14.6. The van der Waals surface area contributed by atoms with Gasteiger partial charge in [-0.1, -0.05) is 11.6 Å². The third-order valence-corrected chi connectivity index (χ3v) is 3.78. The van der Waals surface area contributed by atoms with Crippen LogP contribution in [0.1, 0.15) is 12.6 Å². The first kappa shape index (κ1) is 17.0. The predicted octanol–water partition coefficient (Wildman–Crippen LogP) is 1.41. The molecule has 11 heteroatoms. The van der Waals surface area contributed by atoms with Crippen molar-refractivity contribution in [3.8, 4) is 0 Å². The van der Waals surface area contributed by atoms with Crippen LogP contribution in [0.15, 0.2) is 12.4 Å². The van der Waals surface area contributed by atoms with Gasteiger partial charge in [-0.15, -0.1) is 0 Å². The summed E-state index contributed by atoms with van der Waals surface area (Å²) in [5.41, 5.74) is 7.45. The molecule has 2 amide bonds. The van der Waals surface area contributed by atoms with Crippen molar-refractivity contribution < 1.29 is 4.79 Å². The molecule has 0 aliphatic carbocycles. The topological polar surface area (TPSA) is 129 Å². The van der Waals surface area contributed by atoms with Crippen molar-refractivity contribution in [2.75, 3.05) is 17.6 Å². The molecule has 0 aromatic carbocycles. The van der Waals surface area contributed by atoms with Gasteiger partial charge in [-0.05, 0) is 13.8 Å². The summed E-state index contributed by atoms with van der Waals surface area (Å²) in [5, 5.41) is 10.0. The fourth-order valence-corrected chi connectivity index (χ4v) is 2.65. The van der Waals surface area contributed by atoms with Gasteiger partial charge in [0.25, 0.3) is 0 Å². The minimum atomic E-state index is -0.314. The van der Waals surface area contributed by atoms with E-state index in [9.17, 15) is 4.79 Å². The number of urea groups is 1. The molecule has 0 aliphatic heterocycles. The van der Waals surface area contributed by atoms with Gasteiger partial charge in [-0.2, -0.15) is 15.1 Å². The lowest BCUT2D eigenvalue weighted by atomic mass is 10.5. The molecule has 0 saturated carbocycles. The zero-order valence-electron chi connectivity index (χ0n) is 13.8. The van der Waals surface area contributed by atoms with Crippen LogP contribution in [-0.2, 0) is 13.1 Å². The predicted molar refractivity (Wildman–Crippen MR) is 94.4 cm³/mol. The van der Waals surface area contributed by atoms with E-state index in [0.717, 1.165) is 5.69 Å². The number of carbonyl (C=O) groups is 1. The second kappa shape index (κ2) is 6.93. The number of nitrogen functional groups attached to an aromatic ring is 1. The van der Waals surface area contributed by atoms with E-state index >= 15 is 0 Å². The van der Waals surface area contributed by atoms with Gasteiger partial charge in [0.2, 0.25) is 5.95 Å². The first-order valence-corrected chi connectivity index (χ1v) is 8.09. The Bertz CT molecular complexity index is 917. The maximum Gasteiger partial charge on any atom is 0.320 e. The number of halogens is 1. The van der Waals surface area contributed by atoms with Crippen LogP contribution in [-0.4, -0.2) is 41.9 Å². The van der Waals surface area contributed by atoms with Gasteiger partial charge in [0.05, 0.1) is 12.0 Å². The van der Waals surface area contributed by atoms with Gasteiger partial charge < -0.3 is 15.6 Å². The molecule has 3 aromatic rings. The van der Waals surface area contributed by atoms with Crippen molar-refractivity contribution in [2.45, 2.75) is 26.9 Å². The number of amides is 2. The Morgan fingerprint density at radius 3 is 2.96 bits per heavy atom. The summed E-state index contributed by atoms with van der Waals surface area (Å²) >= 11 is 5.99. The largest absolute Gasteiger partial charge is 0.368 e. The van der Waals surface area contributed by atoms with Crippen molar-refractivity contribution in [3.05, 3.63) is 23.2 Å². The summed E-state index contributed by atoms with van der Waals surface area (Å²) in [6.45, 7) is 5.34. The molecule has 0 fully saturated rings. The van der Waals surface area contributed by atoms with Gasteiger partial charge in [0.1, 0.15) is 11.3 Å². The third kappa shape index (κ3) is 3.63. The Kier molecular flexibility index (Phi) is 4.70. The van der Waals surface area contributed by atoms with Crippen LogP contribution < -0.4 is 16.4 Å². The lowest BCUT2D eigenvalue weighted by Crippen LogP contribution is -2.32. The highest BCUT2D eigenvalue weighted by atomic mass is 35.5. The molecule has 132 valence electrons. The normalized spacial score (nSPS) is 11.0. The van der Waals surface area contributed by atoms with Gasteiger partial charge >= 0.3 is 6.03 Å². The molecule has 0 atom stereocenters. The van der Waals surface area contributed by atoms with Gasteiger partial charge in [0, 0.05) is 25.7 Å². The quantitative estimate of drug-likeness (QED) is 0.588. The van der Waals surface area contributed by atoms with E-state index in [1.54, 1.807) is 15.6 Å². The summed E-state index contributed by atoms with van der Waals surface area (Å²) in [5.74, 6) is 0.728. The minimum Gasteiger partial charge on any atom is -0.368 e. The molecule has 25 heavy (non-hydrogen) atoms. The number of aromatic nitrogens is 6. The average molecular weight is 364 g/mol. The SMILES string of the molecule is CCn1nc(C)cc1NC(=O)NCCn1cnc2c(Cl)nc(N)nc21. The Morgan fingerprint density at radius 1 is 1.40 bits per heavy atom. The van der Waals surface area contributed by atoms with Crippen molar-refractivity contribution >= 4 is 40.6 Å². The number of hydrogen-bond donors (Lipinski definition) is 3. The maximum absolute atomic E-state index is 12.0. The molecule has 0 unspecified atom stereocenters. The summed E-state index contributed by atoms with van der Waals surface area (Å²) in [6, 6.07) is 1.50. The number of fused-ring (bicyclic) bond motifs is 1. The molecule has 0 aliphatic rings. The van der Waals surface area contributed by atoms with Crippen LogP contribution in [0.5, 0.6) is 0 Å². The van der Waals surface area contributed by atoms with Crippen LogP contribution in [0.3, 0.4) is 0 Å². The Morgan fingerprint density at radius 2 is 2.20 bits per heavy atom. The highest BCUT2D eigenvalue weighted by molar-refractivity contribution is 6.33. The highest BCUT2D eigenvalue weighted by Gasteiger charge is 2.11. The summed E-state index contributed by atoms with van der Waals surface area (Å²) in [7, 11) is 0. The van der Waals surface area contributed by atoms with E-state index in [2.05, 4.69) is 30.7 Å². The fraction of sp³-hybridized carbons (Fsp3) is 0.357. The molecule has 4 N–H and O–H groups in total. The molecule has 0 saturated heterocycles. The lowest BCUT2D eigenvalue weighted by molar-refractivity contribution is 0.251. The first-order valence-electron chi connectivity index (χ1n) is 7.71. The number of nitrogens with two attached hydrogens (primary N) is 1. The molecule has 3 rings (SSSR count). The molecular formula is C14H18ClN9O. The zero-order chi connectivity index (χ0) is 18.0.